The highest BCUT2D eigenvalue weighted by atomic mass is 32.1. The van der Waals surface area contributed by atoms with Gasteiger partial charge in [-0.25, -0.2) is 0 Å². The van der Waals surface area contributed by atoms with Gasteiger partial charge in [-0.2, -0.15) is 0 Å². The van der Waals surface area contributed by atoms with Crippen LogP contribution in [-0.4, -0.2) is 18.1 Å². The molecule has 46 valence electrons. The molecule has 0 radical (unpaired) electrons. The Morgan fingerprint density at radius 2 is 2.62 bits per heavy atom. The first-order chi connectivity index (χ1) is 3.93. The Bertz CT molecular complexity index is 76.6. The normalized spacial score (nSPS) is 28.2. The predicted octanol–water partition coefficient (Wildman–Crippen LogP) is 1.56. The standard InChI is InChI=1S/C6H10OS/c8-5-3-6-2-1-4-7-6/h5-6H,1-4H2. The highest BCUT2D eigenvalue weighted by Crippen LogP contribution is 2.13. The van der Waals surface area contributed by atoms with Gasteiger partial charge in [0.15, 0.2) is 0 Å². The Morgan fingerprint density at radius 1 is 1.75 bits per heavy atom. The molecule has 1 rings (SSSR count). The third-order valence-electron chi connectivity index (χ3n) is 1.38. The molecule has 1 fully saturated rings. The Kier molecular flexibility index (Phi) is 2.43. The Hall–Kier alpha value is 0.0500. The molecule has 0 saturated carbocycles. The van der Waals surface area contributed by atoms with Gasteiger partial charge >= 0.3 is 0 Å². The van der Waals surface area contributed by atoms with Gasteiger partial charge in [0.25, 0.3) is 0 Å². The van der Waals surface area contributed by atoms with Gasteiger partial charge in [0.2, 0.25) is 0 Å². The van der Waals surface area contributed by atoms with E-state index in [9.17, 15) is 0 Å². The van der Waals surface area contributed by atoms with Gasteiger partial charge in [0.1, 0.15) is 0 Å². The maximum absolute atomic E-state index is 5.30. The summed E-state index contributed by atoms with van der Waals surface area (Å²) in [6.45, 7) is 0.938. The lowest BCUT2D eigenvalue weighted by molar-refractivity contribution is 0.118. The van der Waals surface area contributed by atoms with Gasteiger partial charge in [-0.05, 0) is 18.2 Å². The van der Waals surface area contributed by atoms with Crippen molar-refractivity contribution in [3.05, 3.63) is 0 Å². The average molecular weight is 130 g/mol. The van der Waals surface area contributed by atoms with E-state index < -0.39 is 0 Å². The SMILES string of the molecule is S=CCC1CCCO1. The van der Waals surface area contributed by atoms with Crippen LogP contribution < -0.4 is 0 Å². The maximum atomic E-state index is 5.30. The van der Waals surface area contributed by atoms with Gasteiger partial charge in [-0.15, -0.1) is 0 Å². The Balaban J connectivity index is 2.14. The van der Waals surface area contributed by atoms with E-state index in [2.05, 4.69) is 12.2 Å². The van der Waals surface area contributed by atoms with Crippen molar-refractivity contribution in [3.63, 3.8) is 0 Å². The molecule has 0 aromatic heterocycles. The topological polar surface area (TPSA) is 9.23 Å². The number of hydrogen-bond donors (Lipinski definition) is 0. The third-order valence-corrected chi connectivity index (χ3v) is 1.58. The molecular weight excluding hydrogens is 120 g/mol. The van der Waals surface area contributed by atoms with Crippen LogP contribution in [0.25, 0.3) is 0 Å². The van der Waals surface area contributed by atoms with Crippen molar-refractivity contribution in [1.29, 1.82) is 0 Å². The van der Waals surface area contributed by atoms with Crippen molar-refractivity contribution < 1.29 is 4.74 Å². The molecule has 0 N–H and O–H groups in total. The summed E-state index contributed by atoms with van der Waals surface area (Å²) in [6, 6.07) is 0. The van der Waals surface area contributed by atoms with E-state index >= 15 is 0 Å². The van der Waals surface area contributed by atoms with Crippen LogP contribution in [0.4, 0.5) is 0 Å². The van der Waals surface area contributed by atoms with E-state index in [0.29, 0.717) is 6.10 Å². The van der Waals surface area contributed by atoms with Crippen LogP contribution in [0.15, 0.2) is 0 Å². The molecule has 0 aromatic carbocycles. The molecule has 1 aliphatic rings. The molecule has 1 unspecified atom stereocenters. The van der Waals surface area contributed by atoms with Crippen molar-refractivity contribution in [2.24, 2.45) is 0 Å². The first kappa shape index (κ1) is 6.17. The van der Waals surface area contributed by atoms with Crippen molar-refractivity contribution >= 4 is 17.6 Å². The summed E-state index contributed by atoms with van der Waals surface area (Å²) in [7, 11) is 0. The van der Waals surface area contributed by atoms with Crippen LogP contribution >= 0.6 is 12.2 Å². The molecule has 8 heavy (non-hydrogen) atoms. The molecule has 1 nitrogen and oxygen atoms in total. The number of thiocarbonyl (C=S) groups is 1. The van der Waals surface area contributed by atoms with Gasteiger partial charge < -0.3 is 4.74 Å². The minimum atomic E-state index is 0.451. The zero-order valence-corrected chi connectivity index (χ0v) is 5.62. The molecule has 1 heterocycles. The minimum absolute atomic E-state index is 0.451. The summed E-state index contributed by atoms with van der Waals surface area (Å²) < 4.78 is 5.30. The average Bonchev–Trinajstić information content (AvgIpc) is 2.19. The number of ether oxygens (including phenoxy) is 1. The molecular formula is C6H10OS. The summed E-state index contributed by atoms with van der Waals surface area (Å²) in [5, 5.41) is 1.76. The fourth-order valence-electron chi connectivity index (χ4n) is 0.938. The summed E-state index contributed by atoms with van der Waals surface area (Å²) >= 11 is 4.68. The molecule has 0 aliphatic carbocycles. The first-order valence-electron chi connectivity index (χ1n) is 2.98. The van der Waals surface area contributed by atoms with Crippen molar-refractivity contribution in [2.75, 3.05) is 6.61 Å². The summed E-state index contributed by atoms with van der Waals surface area (Å²) in [6.07, 6.45) is 3.82. The first-order valence-corrected chi connectivity index (χ1v) is 3.46. The number of hydrogen-bond acceptors (Lipinski definition) is 2. The van der Waals surface area contributed by atoms with Crippen molar-refractivity contribution in [1.82, 2.24) is 0 Å². The van der Waals surface area contributed by atoms with Gasteiger partial charge in [-0.3, -0.25) is 0 Å². The highest BCUT2D eigenvalue weighted by Gasteiger charge is 2.12. The Morgan fingerprint density at radius 3 is 3.12 bits per heavy atom. The van der Waals surface area contributed by atoms with Gasteiger partial charge in [0, 0.05) is 13.0 Å². The third kappa shape index (κ3) is 1.53. The molecule has 0 bridgehead atoms. The Labute approximate surface area is 55.0 Å². The lowest BCUT2D eigenvalue weighted by Gasteiger charge is -2.01. The van der Waals surface area contributed by atoms with Crippen LogP contribution in [0.1, 0.15) is 19.3 Å². The van der Waals surface area contributed by atoms with Gasteiger partial charge in [-0.1, -0.05) is 12.2 Å². The van der Waals surface area contributed by atoms with E-state index in [0.717, 1.165) is 13.0 Å². The quantitative estimate of drug-likeness (QED) is 0.524. The molecule has 2 heteroatoms. The van der Waals surface area contributed by atoms with E-state index in [1.807, 2.05) is 0 Å². The van der Waals surface area contributed by atoms with E-state index in [4.69, 9.17) is 4.74 Å². The zero-order valence-electron chi connectivity index (χ0n) is 4.80. The van der Waals surface area contributed by atoms with Crippen molar-refractivity contribution in [3.8, 4) is 0 Å². The van der Waals surface area contributed by atoms with Crippen LogP contribution in [0.2, 0.25) is 0 Å². The zero-order chi connectivity index (χ0) is 5.82. The number of rotatable bonds is 2. The maximum Gasteiger partial charge on any atom is 0.0618 e. The largest absolute Gasteiger partial charge is 0.378 e. The lowest BCUT2D eigenvalue weighted by atomic mass is 10.2. The van der Waals surface area contributed by atoms with Gasteiger partial charge in [0.05, 0.1) is 6.10 Å². The van der Waals surface area contributed by atoms with Crippen LogP contribution in [0.3, 0.4) is 0 Å². The predicted molar refractivity (Wildman–Crippen MR) is 37.2 cm³/mol. The second-order valence-electron chi connectivity index (χ2n) is 2.04. The highest BCUT2D eigenvalue weighted by molar-refractivity contribution is 7.78. The summed E-state index contributed by atoms with van der Waals surface area (Å²) in [5.41, 5.74) is 0. The monoisotopic (exact) mass is 130 g/mol. The fraction of sp³-hybridized carbons (Fsp3) is 0.833. The van der Waals surface area contributed by atoms with Crippen LogP contribution in [0, 0.1) is 0 Å². The van der Waals surface area contributed by atoms with E-state index in [1.165, 1.54) is 12.8 Å². The van der Waals surface area contributed by atoms with E-state index in [1.54, 1.807) is 5.37 Å². The molecule has 0 aromatic rings. The lowest BCUT2D eigenvalue weighted by Crippen LogP contribution is -2.03. The fourth-order valence-corrected chi connectivity index (χ4v) is 1.15. The second kappa shape index (κ2) is 3.15. The summed E-state index contributed by atoms with van der Waals surface area (Å²) in [4.78, 5) is 0. The molecule has 0 amide bonds. The van der Waals surface area contributed by atoms with Crippen molar-refractivity contribution in [2.45, 2.75) is 25.4 Å². The second-order valence-corrected chi connectivity index (χ2v) is 2.37. The molecule has 1 aliphatic heterocycles. The molecule has 1 saturated heterocycles. The van der Waals surface area contributed by atoms with Crippen LogP contribution in [-0.2, 0) is 4.74 Å². The molecule has 1 atom stereocenters. The minimum Gasteiger partial charge on any atom is -0.378 e. The molecule has 0 spiro atoms. The smallest absolute Gasteiger partial charge is 0.0618 e. The van der Waals surface area contributed by atoms with Crippen LogP contribution in [0.5, 0.6) is 0 Å². The van der Waals surface area contributed by atoms with E-state index in [-0.39, 0.29) is 0 Å². The summed E-state index contributed by atoms with van der Waals surface area (Å²) in [5.74, 6) is 0.